The fourth-order valence-electron chi connectivity index (χ4n) is 1.78. The maximum atomic E-state index is 11.9. The van der Waals surface area contributed by atoms with Crippen molar-refractivity contribution in [2.75, 3.05) is 0 Å². The molecule has 0 aliphatic heterocycles. The summed E-state index contributed by atoms with van der Waals surface area (Å²) in [6.07, 6.45) is -5.08. The van der Waals surface area contributed by atoms with Crippen molar-refractivity contribution in [1.29, 1.82) is 5.41 Å². The summed E-state index contributed by atoms with van der Waals surface area (Å²) in [5.41, 5.74) is -1.90. The van der Waals surface area contributed by atoms with Gasteiger partial charge in [-0.2, -0.15) is 0 Å². The number of rotatable bonds is 9. The van der Waals surface area contributed by atoms with E-state index in [4.69, 9.17) is 26.7 Å². The van der Waals surface area contributed by atoms with E-state index in [0.717, 1.165) is 0 Å². The molecular weight excluding hydrogens is 434 g/mol. The minimum Gasteiger partial charge on any atom is -0.458 e. The molecule has 0 saturated heterocycles. The van der Waals surface area contributed by atoms with E-state index in [9.17, 15) is 24.0 Å². The van der Waals surface area contributed by atoms with Crippen LogP contribution in [0, 0.1) is 5.41 Å². The monoisotopic (exact) mass is 463 g/mol. The van der Waals surface area contributed by atoms with Gasteiger partial charge in [-0.15, -0.1) is 0 Å². The molecule has 14 heteroatoms. The smallest absolute Gasteiger partial charge is 0.356 e. The Kier molecular flexibility index (Phi) is 11.1. The quantitative estimate of drug-likeness (QED) is 0.0987. The zero-order valence-corrected chi connectivity index (χ0v) is 18.7. The van der Waals surface area contributed by atoms with Crippen LogP contribution in [-0.4, -0.2) is 59.2 Å². The van der Waals surface area contributed by atoms with Crippen molar-refractivity contribution in [2.45, 2.75) is 77.8 Å². The molecule has 2 atom stereocenters. The van der Waals surface area contributed by atoms with Gasteiger partial charge in [-0.3, -0.25) is 19.9 Å². The first-order chi connectivity index (χ1) is 14.5. The molecule has 2 unspecified atom stereocenters. The van der Waals surface area contributed by atoms with Gasteiger partial charge in [0.15, 0.2) is 5.90 Å². The van der Waals surface area contributed by atoms with Crippen LogP contribution in [0.4, 0.5) is 0 Å². The van der Waals surface area contributed by atoms with Gasteiger partial charge in [-0.25, -0.2) is 31.0 Å². The lowest BCUT2D eigenvalue weighted by Crippen LogP contribution is -2.42. The van der Waals surface area contributed by atoms with E-state index < -0.39 is 72.0 Å². The predicted molar refractivity (Wildman–Crippen MR) is 104 cm³/mol. The van der Waals surface area contributed by atoms with Crippen LogP contribution in [0.1, 0.15) is 54.4 Å². The van der Waals surface area contributed by atoms with E-state index in [1.165, 1.54) is 20.8 Å². The van der Waals surface area contributed by atoms with Crippen LogP contribution < -0.4 is 11.8 Å². The van der Waals surface area contributed by atoms with Crippen LogP contribution in [0.2, 0.25) is 0 Å². The van der Waals surface area contributed by atoms with Gasteiger partial charge in [-0.1, -0.05) is 0 Å². The van der Waals surface area contributed by atoms with Gasteiger partial charge in [0.1, 0.15) is 11.2 Å². The predicted octanol–water partition coefficient (Wildman–Crippen LogP) is -0.442. The lowest BCUT2D eigenvalue weighted by molar-refractivity contribution is -0.183. The van der Waals surface area contributed by atoms with Gasteiger partial charge in [0.25, 0.3) is 12.2 Å². The number of hydrogen-bond donors (Lipinski definition) is 3. The van der Waals surface area contributed by atoms with Crippen LogP contribution in [0.25, 0.3) is 0 Å². The third-order valence-corrected chi connectivity index (χ3v) is 2.94. The van der Waals surface area contributed by atoms with E-state index in [1.807, 2.05) is 0 Å². The van der Waals surface area contributed by atoms with Crippen molar-refractivity contribution in [3.63, 3.8) is 0 Å². The summed E-state index contributed by atoms with van der Waals surface area (Å²) in [5.74, 6) is 2.76. The Hall–Kier alpha value is -2.94. The summed E-state index contributed by atoms with van der Waals surface area (Å²) in [7, 11) is 0. The minimum atomic E-state index is -2.01. The van der Waals surface area contributed by atoms with Crippen LogP contribution in [-0.2, 0) is 52.6 Å². The Morgan fingerprint density at radius 1 is 0.688 bits per heavy atom. The average molecular weight is 463 g/mol. The van der Waals surface area contributed by atoms with Gasteiger partial charge in [0, 0.05) is 6.42 Å². The highest BCUT2D eigenvalue weighted by atomic mass is 16.7. The number of nitrogens with two attached hydrogens (primary N) is 2. The molecule has 0 aromatic carbocycles. The number of nitrogens with one attached hydrogen (secondary N) is 1. The highest BCUT2D eigenvalue weighted by molar-refractivity contribution is 6.03. The standard InChI is InChI=1S/C18H29N3O11/c1-17(2,3)29-15(25)11(31-20)13(23)27-9(19)7-8-10(22)28-14(24)12(32-21)16(26)30-18(4,5)6/h11-12,19H,7-8,20-21H2,1-6H3. The number of hydrogen-bond acceptors (Lipinski definition) is 14. The molecule has 0 saturated carbocycles. The first-order valence-corrected chi connectivity index (χ1v) is 9.21. The van der Waals surface area contributed by atoms with Crippen LogP contribution in [0.3, 0.4) is 0 Å². The molecule has 0 aromatic rings. The fraction of sp³-hybridized carbons (Fsp3) is 0.667. The second kappa shape index (κ2) is 12.2. The molecule has 14 nitrogen and oxygen atoms in total. The van der Waals surface area contributed by atoms with Gasteiger partial charge in [-0.05, 0) is 41.5 Å². The molecule has 0 radical (unpaired) electrons. The van der Waals surface area contributed by atoms with E-state index in [1.54, 1.807) is 20.8 Å². The van der Waals surface area contributed by atoms with Crippen molar-refractivity contribution in [3.8, 4) is 0 Å². The summed E-state index contributed by atoms with van der Waals surface area (Å²) in [6.45, 7) is 9.23. The number of carbonyl (C=O) groups is 5. The lowest BCUT2D eigenvalue weighted by atomic mass is 10.2. The van der Waals surface area contributed by atoms with Crippen molar-refractivity contribution in [1.82, 2.24) is 0 Å². The minimum absolute atomic E-state index is 0.510. The molecule has 0 spiro atoms. The molecular formula is C18H29N3O11. The molecule has 0 aliphatic rings. The van der Waals surface area contributed by atoms with Gasteiger partial charge >= 0.3 is 29.8 Å². The second-order valence-electron chi connectivity index (χ2n) is 8.24. The van der Waals surface area contributed by atoms with E-state index in [-0.39, 0.29) is 0 Å². The molecule has 0 rings (SSSR count). The number of ether oxygens (including phenoxy) is 4. The summed E-state index contributed by atoms with van der Waals surface area (Å²) < 4.78 is 18.8. The Morgan fingerprint density at radius 2 is 1.06 bits per heavy atom. The Bertz CT molecular complexity index is 675. The zero-order chi connectivity index (χ0) is 25.3. The maximum Gasteiger partial charge on any atom is 0.356 e. The zero-order valence-electron chi connectivity index (χ0n) is 18.7. The lowest BCUT2D eigenvalue weighted by Gasteiger charge is -2.22. The Morgan fingerprint density at radius 3 is 1.41 bits per heavy atom. The first kappa shape index (κ1) is 29.1. The molecule has 0 bridgehead atoms. The molecule has 182 valence electrons. The molecule has 5 N–H and O–H groups in total. The summed E-state index contributed by atoms with van der Waals surface area (Å²) >= 11 is 0. The molecule has 0 amide bonds. The van der Waals surface area contributed by atoms with Crippen molar-refractivity contribution < 1.29 is 52.6 Å². The van der Waals surface area contributed by atoms with Crippen molar-refractivity contribution in [2.24, 2.45) is 11.8 Å². The van der Waals surface area contributed by atoms with Crippen LogP contribution in [0.15, 0.2) is 0 Å². The summed E-state index contributed by atoms with van der Waals surface area (Å²) in [5, 5.41) is 7.57. The van der Waals surface area contributed by atoms with Gasteiger partial charge in [0.05, 0.1) is 6.42 Å². The highest BCUT2D eigenvalue weighted by Gasteiger charge is 2.36. The topological polar surface area (TPSA) is 217 Å². The van der Waals surface area contributed by atoms with Gasteiger partial charge in [0.2, 0.25) is 0 Å². The third-order valence-electron chi connectivity index (χ3n) is 2.94. The largest absolute Gasteiger partial charge is 0.458 e. The average Bonchev–Trinajstić information content (AvgIpc) is 2.57. The molecule has 0 aromatic heterocycles. The van der Waals surface area contributed by atoms with Gasteiger partial charge < -0.3 is 18.9 Å². The van der Waals surface area contributed by atoms with E-state index in [2.05, 4.69) is 19.1 Å². The maximum absolute atomic E-state index is 11.9. The van der Waals surface area contributed by atoms with Crippen LogP contribution in [0.5, 0.6) is 0 Å². The van der Waals surface area contributed by atoms with E-state index >= 15 is 0 Å². The van der Waals surface area contributed by atoms with Crippen LogP contribution >= 0.6 is 0 Å². The number of esters is 5. The molecule has 32 heavy (non-hydrogen) atoms. The highest BCUT2D eigenvalue weighted by Crippen LogP contribution is 2.12. The SMILES string of the molecule is CC(C)(C)OC(=O)C(ON)C(=O)OC(=N)CCC(=O)OC(=O)C(ON)C(=O)OC(C)(C)C. The molecule has 0 fully saturated rings. The molecule has 0 heterocycles. The Labute approximate surface area is 184 Å². The van der Waals surface area contributed by atoms with Crippen molar-refractivity contribution >= 4 is 35.7 Å². The fourth-order valence-corrected chi connectivity index (χ4v) is 1.78. The Balaban J connectivity index is 4.71. The summed E-state index contributed by atoms with van der Waals surface area (Å²) in [6, 6.07) is 0. The number of carbonyl (C=O) groups excluding carboxylic acids is 5. The third kappa shape index (κ3) is 11.5. The second-order valence-corrected chi connectivity index (χ2v) is 8.24. The van der Waals surface area contributed by atoms with Crippen molar-refractivity contribution in [3.05, 3.63) is 0 Å². The summed E-state index contributed by atoms with van der Waals surface area (Å²) in [4.78, 5) is 67.8. The molecule has 0 aliphatic carbocycles. The first-order valence-electron chi connectivity index (χ1n) is 9.21. The normalized spacial score (nSPS) is 13.4. The van der Waals surface area contributed by atoms with E-state index in [0.29, 0.717) is 0 Å².